The number of H-pyrrole nitrogens is 1. The van der Waals surface area contributed by atoms with Gasteiger partial charge in [0.15, 0.2) is 0 Å². The summed E-state index contributed by atoms with van der Waals surface area (Å²) in [7, 11) is 1.21. The lowest BCUT2D eigenvalue weighted by Gasteiger charge is -2.04. The van der Waals surface area contributed by atoms with E-state index in [1.165, 1.54) is 13.2 Å². The number of carbonyl (C=O) groups excluding carboxylic acids is 3. The Hall–Kier alpha value is -2.88. The average molecular weight is 482 g/mol. The normalized spacial score (nSPS) is 10.6. The molecule has 31 heavy (non-hydrogen) atoms. The molecule has 2 aromatic heterocycles. The third kappa shape index (κ3) is 4.73. The van der Waals surface area contributed by atoms with Gasteiger partial charge in [-0.1, -0.05) is 23.2 Å². The van der Waals surface area contributed by atoms with Gasteiger partial charge in [0.05, 0.1) is 30.0 Å². The molecule has 0 bridgehead atoms. The standard InChI is InChI=1S/C20H17Cl2N3O5S/c1-4-30-20(28)16-9(2)15(19(27)29-3)18(31-16)23-17(26)14-8-13(24-25-14)11-6-5-10(21)7-12(11)22/h5-8H,4H2,1-3H3,(H,23,26)(H,24,25). The predicted octanol–water partition coefficient (Wildman–Crippen LogP) is 4.97. The Balaban J connectivity index is 1.91. The lowest BCUT2D eigenvalue weighted by Crippen LogP contribution is -2.14. The summed E-state index contributed by atoms with van der Waals surface area (Å²) in [4.78, 5) is 37.4. The van der Waals surface area contributed by atoms with Crippen molar-refractivity contribution >= 4 is 57.4 Å². The third-order valence-corrected chi connectivity index (χ3v) is 5.99. The summed E-state index contributed by atoms with van der Waals surface area (Å²) in [6, 6.07) is 6.42. The van der Waals surface area contributed by atoms with Crippen LogP contribution in [0.5, 0.6) is 0 Å². The van der Waals surface area contributed by atoms with Crippen molar-refractivity contribution in [3.63, 3.8) is 0 Å². The fraction of sp³-hybridized carbons (Fsp3) is 0.200. The molecule has 2 N–H and O–H groups in total. The zero-order chi connectivity index (χ0) is 22.7. The van der Waals surface area contributed by atoms with Crippen LogP contribution in [0.15, 0.2) is 24.3 Å². The van der Waals surface area contributed by atoms with Gasteiger partial charge in [-0.2, -0.15) is 5.10 Å². The summed E-state index contributed by atoms with van der Waals surface area (Å²) >= 11 is 13.0. The Morgan fingerprint density at radius 1 is 1.19 bits per heavy atom. The summed E-state index contributed by atoms with van der Waals surface area (Å²) in [5.74, 6) is -1.83. The van der Waals surface area contributed by atoms with Gasteiger partial charge in [-0.05, 0) is 43.7 Å². The highest BCUT2D eigenvalue weighted by molar-refractivity contribution is 7.18. The number of aromatic nitrogens is 2. The van der Waals surface area contributed by atoms with Crippen molar-refractivity contribution in [2.75, 3.05) is 19.0 Å². The van der Waals surface area contributed by atoms with Gasteiger partial charge in [0.1, 0.15) is 15.6 Å². The van der Waals surface area contributed by atoms with Crippen LogP contribution in [0.3, 0.4) is 0 Å². The van der Waals surface area contributed by atoms with Crippen molar-refractivity contribution in [1.29, 1.82) is 0 Å². The number of ether oxygens (including phenoxy) is 2. The van der Waals surface area contributed by atoms with Gasteiger partial charge < -0.3 is 14.8 Å². The molecule has 0 saturated heterocycles. The molecule has 0 spiro atoms. The fourth-order valence-corrected chi connectivity index (χ4v) is 4.37. The van der Waals surface area contributed by atoms with Crippen molar-refractivity contribution in [2.24, 2.45) is 0 Å². The molecule has 3 aromatic rings. The van der Waals surface area contributed by atoms with Crippen molar-refractivity contribution in [3.05, 3.63) is 56.0 Å². The Kier molecular flexibility index (Phi) is 6.99. The van der Waals surface area contributed by atoms with E-state index >= 15 is 0 Å². The van der Waals surface area contributed by atoms with Crippen LogP contribution < -0.4 is 5.32 Å². The predicted molar refractivity (Wildman–Crippen MR) is 118 cm³/mol. The zero-order valence-corrected chi connectivity index (χ0v) is 19.0. The molecule has 0 atom stereocenters. The highest BCUT2D eigenvalue weighted by atomic mass is 35.5. The molecule has 0 aliphatic carbocycles. The van der Waals surface area contributed by atoms with Crippen LogP contribution >= 0.6 is 34.5 Å². The van der Waals surface area contributed by atoms with Crippen LogP contribution in [0.25, 0.3) is 11.3 Å². The van der Waals surface area contributed by atoms with Crippen LogP contribution in [-0.2, 0) is 9.47 Å². The molecule has 1 amide bonds. The minimum Gasteiger partial charge on any atom is -0.465 e. The highest BCUT2D eigenvalue weighted by Crippen LogP contribution is 2.35. The second-order valence-corrected chi connectivity index (χ2v) is 8.08. The number of aromatic amines is 1. The van der Waals surface area contributed by atoms with E-state index in [1.54, 1.807) is 32.0 Å². The lowest BCUT2D eigenvalue weighted by molar-refractivity contribution is 0.0531. The molecule has 3 rings (SSSR count). The molecule has 8 nitrogen and oxygen atoms in total. The van der Waals surface area contributed by atoms with E-state index in [2.05, 4.69) is 15.5 Å². The van der Waals surface area contributed by atoms with Crippen LogP contribution in [0.1, 0.15) is 43.0 Å². The van der Waals surface area contributed by atoms with E-state index in [0.29, 0.717) is 26.9 Å². The number of nitrogens with one attached hydrogen (secondary N) is 2. The van der Waals surface area contributed by atoms with Crippen molar-refractivity contribution in [2.45, 2.75) is 13.8 Å². The lowest BCUT2D eigenvalue weighted by atomic mass is 10.1. The average Bonchev–Trinajstić information content (AvgIpc) is 3.33. The first-order valence-electron chi connectivity index (χ1n) is 8.97. The Labute approximate surface area is 191 Å². The molecular weight excluding hydrogens is 465 g/mol. The maximum absolute atomic E-state index is 12.8. The van der Waals surface area contributed by atoms with E-state index in [9.17, 15) is 14.4 Å². The van der Waals surface area contributed by atoms with E-state index < -0.39 is 17.8 Å². The number of carbonyl (C=O) groups is 3. The van der Waals surface area contributed by atoms with Crippen LogP contribution in [0, 0.1) is 6.92 Å². The molecule has 2 heterocycles. The Bertz CT molecular complexity index is 1170. The van der Waals surface area contributed by atoms with E-state index in [1.807, 2.05) is 0 Å². The second kappa shape index (κ2) is 9.51. The molecule has 1 aromatic carbocycles. The van der Waals surface area contributed by atoms with Gasteiger partial charge in [0.2, 0.25) is 0 Å². The number of esters is 2. The van der Waals surface area contributed by atoms with Gasteiger partial charge in [-0.25, -0.2) is 9.59 Å². The largest absolute Gasteiger partial charge is 0.465 e. The molecule has 0 unspecified atom stereocenters. The maximum Gasteiger partial charge on any atom is 0.348 e. The number of benzene rings is 1. The molecule has 0 fully saturated rings. The summed E-state index contributed by atoms with van der Waals surface area (Å²) < 4.78 is 9.82. The quantitative estimate of drug-likeness (QED) is 0.480. The molecule has 11 heteroatoms. The minimum absolute atomic E-state index is 0.0874. The number of amides is 1. The summed E-state index contributed by atoms with van der Waals surface area (Å²) in [5.41, 5.74) is 1.61. The summed E-state index contributed by atoms with van der Waals surface area (Å²) in [5, 5.41) is 10.4. The number of hydrogen-bond acceptors (Lipinski definition) is 7. The van der Waals surface area contributed by atoms with Gasteiger partial charge in [-0.3, -0.25) is 9.89 Å². The van der Waals surface area contributed by atoms with Crippen LogP contribution in [0.2, 0.25) is 10.0 Å². The van der Waals surface area contributed by atoms with Crippen LogP contribution in [-0.4, -0.2) is 41.8 Å². The molecule has 0 radical (unpaired) electrons. The monoisotopic (exact) mass is 481 g/mol. The number of thiophene rings is 1. The minimum atomic E-state index is -0.683. The zero-order valence-electron chi connectivity index (χ0n) is 16.7. The van der Waals surface area contributed by atoms with Crippen LogP contribution in [0.4, 0.5) is 5.00 Å². The molecular formula is C20H17Cl2N3O5S. The van der Waals surface area contributed by atoms with Gasteiger partial charge in [-0.15, -0.1) is 11.3 Å². The van der Waals surface area contributed by atoms with E-state index in [4.69, 9.17) is 32.7 Å². The molecule has 0 aliphatic rings. The topological polar surface area (TPSA) is 110 Å². The maximum atomic E-state index is 12.8. The summed E-state index contributed by atoms with van der Waals surface area (Å²) in [6.07, 6.45) is 0. The first-order valence-corrected chi connectivity index (χ1v) is 10.5. The smallest absolute Gasteiger partial charge is 0.348 e. The Morgan fingerprint density at radius 3 is 2.58 bits per heavy atom. The van der Waals surface area contributed by atoms with Crippen molar-refractivity contribution in [3.8, 4) is 11.3 Å². The Morgan fingerprint density at radius 2 is 1.94 bits per heavy atom. The van der Waals surface area contributed by atoms with Gasteiger partial charge in [0, 0.05) is 10.6 Å². The summed E-state index contributed by atoms with van der Waals surface area (Å²) in [6.45, 7) is 3.44. The first-order chi connectivity index (χ1) is 14.8. The second-order valence-electron chi connectivity index (χ2n) is 6.22. The molecule has 162 valence electrons. The number of anilines is 1. The van der Waals surface area contributed by atoms with Gasteiger partial charge >= 0.3 is 11.9 Å². The highest BCUT2D eigenvalue weighted by Gasteiger charge is 2.27. The third-order valence-electron chi connectivity index (χ3n) is 4.25. The van der Waals surface area contributed by atoms with E-state index in [-0.39, 0.29) is 27.7 Å². The number of halogens is 2. The molecule has 0 saturated carbocycles. The van der Waals surface area contributed by atoms with Crippen molar-refractivity contribution < 1.29 is 23.9 Å². The number of methoxy groups -OCH3 is 1. The first kappa shape index (κ1) is 22.8. The fourth-order valence-electron chi connectivity index (χ4n) is 2.78. The number of nitrogens with zero attached hydrogens (tertiary/aromatic N) is 1. The van der Waals surface area contributed by atoms with E-state index in [0.717, 1.165) is 11.3 Å². The van der Waals surface area contributed by atoms with Crippen molar-refractivity contribution in [1.82, 2.24) is 10.2 Å². The number of rotatable bonds is 6. The van der Waals surface area contributed by atoms with Gasteiger partial charge in [0.25, 0.3) is 5.91 Å². The SMILES string of the molecule is CCOC(=O)c1sc(NC(=O)c2cc(-c3ccc(Cl)cc3Cl)n[nH]2)c(C(=O)OC)c1C. The molecule has 0 aliphatic heterocycles. The number of hydrogen-bond donors (Lipinski definition) is 2.